The Bertz CT molecular complexity index is 1800. The van der Waals surface area contributed by atoms with E-state index in [-0.39, 0.29) is 27.8 Å². The number of nitrogens with one attached hydrogen (secondary N) is 1. The molecule has 1 aromatic heterocycles. The fraction of sp³-hybridized carbons (Fsp3) is 0. The lowest BCUT2D eigenvalue weighted by Gasteiger charge is -2.11. The van der Waals surface area contributed by atoms with Gasteiger partial charge in [0.05, 0.1) is 11.1 Å². The lowest BCUT2D eigenvalue weighted by Crippen LogP contribution is -2.05. The number of benzene rings is 3. The van der Waals surface area contributed by atoms with Crippen LogP contribution in [-0.2, 0) is 20.2 Å². The van der Waals surface area contributed by atoms with E-state index in [2.05, 4.69) is 30.5 Å². The normalized spacial score (nSPS) is 12.3. The van der Waals surface area contributed by atoms with E-state index in [4.69, 9.17) is 5.73 Å². The molecule has 0 spiro atoms. The number of phenolic OH excluding ortho intramolecular Hbond substituents is 1. The van der Waals surface area contributed by atoms with Gasteiger partial charge in [0.1, 0.15) is 26.9 Å². The van der Waals surface area contributed by atoms with Gasteiger partial charge in [-0.25, -0.2) is 0 Å². The largest absolute Gasteiger partial charge is 0.507 e. The number of hydrogen-bond acceptors (Lipinski definition) is 12. The van der Waals surface area contributed by atoms with Crippen LogP contribution in [0, 0.1) is 12.2 Å². The van der Waals surface area contributed by atoms with Crippen LogP contribution in [-0.4, -0.2) is 46.0 Å². The zero-order chi connectivity index (χ0) is 27.1. The molecule has 1 heterocycles. The van der Waals surface area contributed by atoms with Crippen molar-refractivity contribution in [3.8, 4) is 5.75 Å². The van der Waals surface area contributed by atoms with E-state index < -0.39 is 59.6 Å². The molecule has 192 valence electrons. The predicted molar refractivity (Wildman–Crippen MR) is 123 cm³/mol. The number of halogens is 2. The highest BCUT2D eigenvalue weighted by Crippen LogP contribution is 2.41. The molecule has 3 aromatic carbocycles. The van der Waals surface area contributed by atoms with Crippen molar-refractivity contribution < 1.29 is 39.8 Å². The fourth-order valence-electron chi connectivity index (χ4n) is 3.23. The summed E-state index contributed by atoms with van der Waals surface area (Å²) in [6.45, 7) is 0. The number of anilines is 3. The second kappa shape index (κ2) is 9.24. The third-order valence-corrected chi connectivity index (χ3v) is 6.52. The highest BCUT2D eigenvalue weighted by atomic mass is 32.2. The Hall–Kier alpha value is -4.39. The Morgan fingerprint density at radius 1 is 0.838 bits per heavy atom. The Kier molecular flexibility index (Phi) is 6.42. The van der Waals surface area contributed by atoms with Crippen molar-refractivity contribution in [2.45, 2.75) is 9.79 Å². The number of hydrogen-bond donors (Lipinski definition) is 5. The summed E-state index contributed by atoms with van der Waals surface area (Å²) in [5.41, 5.74) is 4.77. The summed E-state index contributed by atoms with van der Waals surface area (Å²) < 4.78 is 93.3. The highest BCUT2D eigenvalue weighted by Gasteiger charge is 2.21. The van der Waals surface area contributed by atoms with Crippen LogP contribution < -0.4 is 11.1 Å². The SMILES string of the molecule is Nc1c(N=Nc2ccc(Nc3nc(F)nc(F)n3)cc2S(=O)(=O)O)cc(S(=O)(=O)O)c2cccc(O)c12. The monoisotopic (exact) mass is 553 g/mol. The van der Waals surface area contributed by atoms with Crippen LogP contribution in [0.5, 0.6) is 5.75 Å². The summed E-state index contributed by atoms with van der Waals surface area (Å²) in [7, 11) is -9.78. The van der Waals surface area contributed by atoms with E-state index in [1.54, 1.807) is 0 Å². The summed E-state index contributed by atoms with van der Waals surface area (Å²) >= 11 is 0. The van der Waals surface area contributed by atoms with E-state index >= 15 is 0 Å². The van der Waals surface area contributed by atoms with Gasteiger partial charge in [0.25, 0.3) is 20.2 Å². The molecule has 0 saturated carbocycles. The molecule has 0 aliphatic heterocycles. The van der Waals surface area contributed by atoms with Gasteiger partial charge in [0.2, 0.25) is 5.95 Å². The summed E-state index contributed by atoms with van der Waals surface area (Å²) in [6.07, 6.45) is -2.89. The van der Waals surface area contributed by atoms with E-state index in [1.807, 2.05) is 0 Å². The number of fused-ring (bicyclic) bond motifs is 1. The maximum absolute atomic E-state index is 13.2. The first-order valence-electron chi connectivity index (χ1n) is 9.63. The van der Waals surface area contributed by atoms with Gasteiger partial charge in [-0.2, -0.15) is 40.6 Å². The van der Waals surface area contributed by atoms with E-state index in [9.17, 15) is 39.8 Å². The molecular weight excluding hydrogens is 540 g/mol. The first-order chi connectivity index (χ1) is 17.2. The maximum Gasteiger partial charge on any atom is 0.315 e. The topological polar surface area (TPSA) is 230 Å². The number of rotatable bonds is 6. The summed E-state index contributed by atoms with van der Waals surface area (Å²) in [5, 5.41) is 19.7. The Labute approximate surface area is 206 Å². The van der Waals surface area contributed by atoms with Gasteiger partial charge in [0.15, 0.2) is 0 Å². The molecule has 6 N–H and O–H groups in total. The third kappa shape index (κ3) is 5.40. The smallest absolute Gasteiger partial charge is 0.315 e. The van der Waals surface area contributed by atoms with Crippen LogP contribution in [0.2, 0.25) is 0 Å². The minimum absolute atomic E-state index is 0.112. The van der Waals surface area contributed by atoms with Gasteiger partial charge in [-0.15, -0.1) is 10.2 Å². The molecule has 4 aromatic rings. The molecule has 0 saturated heterocycles. The maximum atomic E-state index is 13.2. The lowest BCUT2D eigenvalue weighted by atomic mass is 10.1. The van der Waals surface area contributed by atoms with Gasteiger partial charge in [-0.3, -0.25) is 9.11 Å². The van der Waals surface area contributed by atoms with Gasteiger partial charge in [-0.1, -0.05) is 12.1 Å². The van der Waals surface area contributed by atoms with Crippen molar-refractivity contribution >= 4 is 59.7 Å². The molecule has 0 unspecified atom stereocenters. The zero-order valence-electron chi connectivity index (χ0n) is 17.9. The number of aromatic nitrogens is 3. The molecule has 0 aliphatic carbocycles. The lowest BCUT2D eigenvalue weighted by molar-refractivity contribution is 0.457. The average molecular weight is 553 g/mol. The Morgan fingerprint density at radius 3 is 2.08 bits per heavy atom. The van der Waals surface area contributed by atoms with Gasteiger partial charge < -0.3 is 16.2 Å². The fourth-order valence-corrected chi connectivity index (χ4v) is 4.59. The average Bonchev–Trinajstić information content (AvgIpc) is 2.77. The molecular formula is C19H13F2N7O7S2. The minimum Gasteiger partial charge on any atom is -0.507 e. The number of nitrogens with two attached hydrogens (primary N) is 1. The van der Waals surface area contributed by atoms with Crippen LogP contribution in [0.15, 0.2) is 62.5 Å². The van der Waals surface area contributed by atoms with Crippen molar-refractivity contribution in [1.29, 1.82) is 0 Å². The van der Waals surface area contributed by atoms with Crippen molar-refractivity contribution in [2.24, 2.45) is 10.2 Å². The zero-order valence-corrected chi connectivity index (χ0v) is 19.5. The Balaban J connectivity index is 1.82. The summed E-state index contributed by atoms with van der Waals surface area (Å²) in [5.74, 6) is -1.04. The molecule has 0 radical (unpaired) electrons. The standard InChI is InChI=1S/C19H13F2N7O7S2/c20-17-24-18(21)26-19(25-17)23-8-4-5-10(14(6-8)37(33,34)35)27-28-11-7-13(36(30,31)32)9-2-1-3-12(29)15(9)16(11)22/h1-7,29H,22H2,(H,30,31,32)(H,33,34,35)(H,23,24,25,26). The van der Waals surface area contributed by atoms with Crippen molar-refractivity contribution in [3.05, 3.63) is 54.6 Å². The van der Waals surface area contributed by atoms with E-state index in [1.165, 1.54) is 24.3 Å². The van der Waals surface area contributed by atoms with Crippen molar-refractivity contribution in [2.75, 3.05) is 11.1 Å². The number of nitrogen functional groups attached to an aromatic ring is 1. The van der Waals surface area contributed by atoms with Crippen LogP contribution in [0.25, 0.3) is 10.8 Å². The van der Waals surface area contributed by atoms with Crippen LogP contribution in [0.1, 0.15) is 0 Å². The van der Waals surface area contributed by atoms with Gasteiger partial charge in [0, 0.05) is 11.1 Å². The van der Waals surface area contributed by atoms with Crippen LogP contribution in [0.4, 0.5) is 37.5 Å². The predicted octanol–water partition coefficient (Wildman–Crippen LogP) is 3.24. The highest BCUT2D eigenvalue weighted by molar-refractivity contribution is 7.86. The molecule has 0 amide bonds. The van der Waals surface area contributed by atoms with E-state index in [0.29, 0.717) is 0 Å². The van der Waals surface area contributed by atoms with E-state index in [0.717, 1.165) is 18.2 Å². The quantitative estimate of drug-likeness (QED) is 0.132. The van der Waals surface area contributed by atoms with Gasteiger partial charge in [-0.05, 0) is 30.3 Å². The first-order valence-corrected chi connectivity index (χ1v) is 12.5. The van der Waals surface area contributed by atoms with Crippen molar-refractivity contribution in [1.82, 2.24) is 15.0 Å². The van der Waals surface area contributed by atoms with Crippen molar-refractivity contribution in [3.63, 3.8) is 0 Å². The minimum atomic E-state index is -4.95. The number of azo groups is 1. The Morgan fingerprint density at radius 2 is 1.46 bits per heavy atom. The second-order valence-electron chi connectivity index (χ2n) is 7.16. The van der Waals surface area contributed by atoms with Crippen LogP contribution >= 0.6 is 0 Å². The first kappa shape index (κ1) is 25.7. The molecule has 0 fully saturated rings. The molecule has 0 aliphatic rings. The number of aromatic hydroxyl groups is 1. The van der Waals surface area contributed by atoms with Gasteiger partial charge >= 0.3 is 12.2 Å². The molecule has 18 heteroatoms. The summed E-state index contributed by atoms with van der Waals surface area (Å²) in [4.78, 5) is 7.61. The molecule has 14 nitrogen and oxygen atoms in total. The molecule has 37 heavy (non-hydrogen) atoms. The third-order valence-electron chi connectivity index (χ3n) is 4.74. The summed E-state index contributed by atoms with van der Waals surface area (Å²) in [6, 6.07) is 7.68. The number of nitrogens with zero attached hydrogens (tertiary/aromatic N) is 5. The second-order valence-corrected chi connectivity index (χ2v) is 9.94. The molecule has 4 rings (SSSR count). The number of phenols is 1. The molecule has 0 atom stereocenters. The van der Waals surface area contributed by atoms with Crippen LogP contribution in [0.3, 0.4) is 0 Å². The molecule has 0 bridgehead atoms.